The third-order valence-electron chi connectivity index (χ3n) is 2.25. The Labute approximate surface area is 84.5 Å². The van der Waals surface area contributed by atoms with Crippen molar-refractivity contribution in [2.45, 2.75) is 39.3 Å². The Morgan fingerprint density at radius 1 is 1.57 bits per heavy atom. The lowest BCUT2D eigenvalue weighted by Crippen LogP contribution is -2.31. The molecule has 0 saturated heterocycles. The van der Waals surface area contributed by atoms with Crippen LogP contribution in [0, 0.1) is 0 Å². The maximum Gasteiger partial charge on any atom is 0.157 e. The first-order valence-electron chi connectivity index (χ1n) is 4.95. The van der Waals surface area contributed by atoms with E-state index in [4.69, 9.17) is 4.74 Å². The molecule has 1 unspecified atom stereocenters. The minimum absolute atomic E-state index is 0.304. The second-order valence-electron chi connectivity index (χ2n) is 3.67. The van der Waals surface area contributed by atoms with Gasteiger partial charge >= 0.3 is 0 Å². The molecule has 1 atom stereocenters. The maximum atomic E-state index is 9.70. The van der Waals surface area contributed by atoms with E-state index in [2.05, 4.69) is 5.10 Å². The van der Waals surface area contributed by atoms with Gasteiger partial charge in [0.25, 0.3) is 0 Å². The average molecular weight is 198 g/mol. The lowest BCUT2D eigenvalue weighted by Gasteiger charge is -2.20. The van der Waals surface area contributed by atoms with Gasteiger partial charge in [0.2, 0.25) is 0 Å². The highest BCUT2D eigenvalue weighted by Crippen LogP contribution is 2.13. The first-order valence-corrected chi connectivity index (χ1v) is 4.95. The summed E-state index contributed by atoms with van der Waals surface area (Å²) in [5.74, 6) is 0.709. The topological polar surface area (TPSA) is 47.3 Å². The van der Waals surface area contributed by atoms with Crippen molar-refractivity contribution in [1.82, 2.24) is 9.78 Å². The Kier molecular flexibility index (Phi) is 3.52. The van der Waals surface area contributed by atoms with Gasteiger partial charge in [0.15, 0.2) is 5.75 Å². The lowest BCUT2D eigenvalue weighted by atomic mass is 10.1. The average Bonchev–Trinajstić information content (AvgIpc) is 2.63. The molecule has 0 aliphatic heterocycles. The number of aryl methyl sites for hydroxylation is 1. The van der Waals surface area contributed by atoms with Gasteiger partial charge in [-0.3, -0.25) is 4.68 Å². The van der Waals surface area contributed by atoms with Crippen LogP contribution in [0.5, 0.6) is 5.75 Å². The number of rotatable bonds is 5. The highest BCUT2D eigenvalue weighted by Gasteiger charge is 2.18. The van der Waals surface area contributed by atoms with Gasteiger partial charge in [-0.15, -0.1) is 0 Å². The molecule has 1 rings (SSSR count). The van der Waals surface area contributed by atoms with Crippen LogP contribution in [-0.4, -0.2) is 27.1 Å². The van der Waals surface area contributed by atoms with Gasteiger partial charge in [0.1, 0.15) is 6.61 Å². The standard InChI is InChI=1S/C10H18N2O2/c1-4-10(3,13)8-14-9-6-11-12(5-2)7-9/h6-7,13H,4-5,8H2,1-3H3. The van der Waals surface area contributed by atoms with Crippen LogP contribution in [0.1, 0.15) is 27.2 Å². The highest BCUT2D eigenvalue weighted by atomic mass is 16.5. The second-order valence-corrected chi connectivity index (χ2v) is 3.67. The van der Waals surface area contributed by atoms with E-state index in [-0.39, 0.29) is 0 Å². The highest BCUT2D eigenvalue weighted by molar-refractivity contribution is 5.11. The number of nitrogens with zero attached hydrogens (tertiary/aromatic N) is 2. The molecule has 1 N–H and O–H groups in total. The van der Waals surface area contributed by atoms with E-state index in [0.717, 1.165) is 6.54 Å². The van der Waals surface area contributed by atoms with Gasteiger partial charge in [-0.25, -0.2) is 0 Å². The Balaban J connectivity index is 2.45. The van der Waals surface area contributed by atoms with Gasteiger partial charge in [-0.05, 0) is 20.3 Å². The van der Waals surface area contributed by atoms with Crippen molar-refractivity contribution in [1.29, 1.82) is 0 Å². The SMILES string of the molecule is CCn1cc(OCC(C)(O)CC)cn1. The molecule has 0 amide bonds. The molecule has 1 aromatic rings. The van der Waals surface area contributed by atoms with E-state index in [1.807, 2.05) is 20.0 Å². The number of aliphatic hydroxyl groups is 1. The van der Waals surface area contributed by atoms with Crippen LogP contribution in [0.15, 0.2) is 12.4 Å². The molecule has 1 aromatic heterocycles. The summed E-state index contributed by atoms with van der Waals surface area (Å²) in [6.45, 7) is 6.83. The summed E-state index contributed by atoms with van der Waals surface area (Å²) >= 11 is 0. The summed E-state index contributed by atoms with van der Waals surface area (Å²) in [4.78, 5) is 0. The van der Waals surface area contributed by atoms with Crippen LogP contribution in [0.25, 0.3) is 0 Å². The van der Waals surface area contributed by atoms with Crippen molar-refractivity contribution < 1.29 is 9.84 Å². The van der Waals surface area contributed by atoms with E-state index >= 15 is 0 Å². The smallest absolute Gasteiger partial charge is 0.157 e. The maximum absolute atomic E-state index is 9.70. The summed E-state index contributed by atoms with van der Waals surface area (Å²) in [6.07, 6.45) is 4.16. The Hall–Kier alpha value is -1.03. The molecule has 4 nitrogen and oxygen atoms in total. The summed E-state index contributed by atoms with van der Waals surface area (Å²) in [5, 5.41) is 13.8. The van der Waals surface area contributed by atoms with Crippen LogP contribution in [0.2, 0.25) is 0 Å². The van der Waals surface area contributed by atoms with Crippen molar-refractivity contribution in [2.75, 3.05) is 6.61 Å². The third kappa shape index (κ3) is 3.03. The molecular weight excluding hydrogens is 180 g/mol. The van der Waals surface area contributed by atoms with Crippen molar-refractivity contribution >= 4 is 0 Å². The Morgan fingerprint density at radius 2 is 2.29 bits per heavy atom. The molecule has 14 heavy (non-hydrogen) atoms. The van der Waals surface area contributed by atoms with E-state index in [0.29, 0.717) is 18.8 Å². The zero-order chi connectivity index (χ0) is 10.6. The van der Waals surface area contributed by atoms with Crippen LogP contribution >= 0.6 is 0 Å². The molecule has 80 valence electrons. The number of aromatic nitrogens is 2. The fourth-order valence-electron chi connectivity index (χ4n) is 0.933. The minimum atomic E-state index is -0.756. The molecule has 0 radical (unpaired) electrons. The molecule has 0 aromatic carbocycles. The molecule has 0 aliphatic carbocycles. The van der Waals surface area contributed by atoms with Gasteiger partial charge in [0, 0.05) is 6.54 Å². The number of ether oxygens (including phenoxy) is 1. The zero-order valence-electron chi connectivity index (χ0n) is 9.03. The molecule has 0 saturated carbocycles. The fraction of sp³-hybridized carbons (Fsp3) is 0.700. The Bertz CT molecular complexity index is 281. The normalized spacial score (nSPS) is 15.1. The zero-order valence-corrected chi connectivity index (χ0v) is 9.03. The van der Waals surface area contributed by atoms with Crippen LogP contribution in [0.4, 0.5) is 0 Å². The summed E-state index contributed by atoms with van der Waals surface area (Å²) < 4.78 is 7.20. The molecule has 0 fully saturated rings. The first kappa shape index (κ1) is 11.0. The number of hydrogen-bond acceptors (Lipinski definition) is 3. The second kappa shape index (κ2) is 4.46. The fourth-order valence-corrected chi connectivity index (χ4v) is 0.933. The third-order valence-corrected chi connectivity index (χ3v) is 2.25. The number of hydrogen-bond donors (Lipinski definition) is 1. The monoisotopic (exact) mass is 198 g/mol. The lowest BCUT2D eigenvalue weighted by molar-refractivity contribution is 0.00844. The largest absolute Gasteiger partial charge is 0.487 e. The molecule has 0 bridgehead atoms. The van der Waals surface area contributed by atoms with E-state index in [9.17, 15) is 5.11 Å². The molecule has 4 heteroatoms. The summed E-state index contributed by atoms with van der Waals surface area (Å²) in [5.41, 5.74) is -0.756. The van der Waals surface area contributed by atoms with Crippen molar-refractivity contribution in [3.05, 3.63) is 12.4 Å². The summed E-state index contributed by atoms with van der Waals surface area (Å²) in [6, 6.07) is 0. The van der Waals surface area contributed by atoms with Crippen molar-refractivity contribution in [3.8, 4) is 5.75 Å². The van der Waals surface area contributed by atoms with Crippen LogP contribution in [0.3, 0.4) is 0 Å². The predicted molar refractivity (Wildman–Crippen MR) is 54.3 cm³/mol. The van der Waals surface area contributed by atoms with Gasteiger partial charge in [-0.1, -0.05) is 6.92 Å². The quantitative estimate of drug-likeness (QED) is 0.778. The molecule has 0 aliphatic rings. The van der Waals surface area contributed by atoms with Gasteiger partial charge in [-0.2, -0.15) is 5.10 Å². The van der Waals surface area contributed by atoms with Crippen LogP contribution in [-0.2, 0) is 6.54 Å². The Morgan fingerprint density at radius 3 is 2.79 bits per heavy atom. The predicted octanol–water partition coefficient (Wildman–Crippen LogP) is 1.44. The van der Waals surface area contributed by atoms with Gasteiger partial charge in [0.05, 0.1) is 18.0 Å². The van der Waals surface area contributed by atoms with Crippen LogP contribution < -0.4 is 4.74 Å². The minimum Gasteiger partial charge on any atom is -0.487 e. The first-order chi connectivity index (χ1) is 6.57. The van der Waals surface area contributed by atoms with Crippen molar-refractivity contribution in [2.24, 2.45) is 0 Å². The molecular formula is C10H18N2O2. The summed E-state index contributed by atoms with van der Waals surface area (Å²) in [7, 11) is 0. The molecule has 0 spiro atoms. The van der Waals surface area contributed by atoms with Gasteiger partial charge < -0.3 is 9.84 Å². The van der Waals surface area contributed by atoms with E-state index < -0.39 is 5.60 Å². The van der Waals surface area contributed by atoms with E-state index in [1.165, 1.54) is 0 Å². The van der Waals surface area contributed by atoms with Crippen molar-refractivity contribution in [3.63, 3.8) is 0 Å². The van der Waals surface area contributed by atoms with E-state index in [1.54, 1.807) is 17.8 Å². The molecule has 1 heterocycles.